The van der Waals surface area contributed by atoms with Crippen LogP contribution in [0.3, 0.4) is 0 Å². The second kappa shape index (κ2) is 32.4. The fraction of sp³-hybridized carbons (Fsp3) is 0.864. The summed E-state index contributed by atoms with van der Waals surface area (Å²) in [5, 5.41) is 23.6. The average molecular weight is 816 g/mol. The van der Waals surface area contributed by atoms with Crippen molar-refractivity contribution >= 4 is 19.5 Å². The van der Waals surface area contributed by atoms with Crippen LogP contribution in [0.1, 0.15) is 162 Å². The van der Waals surface area contributed by atoms with Gasteiger partial charge < -0.3 is 29.6 Å². The Kier molecular flexibility index (Phi) is 30.5. The Morgan fingerprint density at radius 2 is 1.43 bits per heavy atom. The van der Waals surface area contributed by atoms with Crippen molar-refractivity contribution in [1.82, 2.24) is 5.32 Å². The molecule has 2 unspecified atom stereocenters. The minimum Gasteiger partial charge on any atom is -0.392 e. The molecule has 328 valence electrons. The van der Waals surface area contributed by atoms with Gasteiger partial charge in [0.2, 0.25) is 5.91 Å². The fourth-order valence-corrected chi connectivity index (χ4v) is 7.69. The van der Waals surface area contributed by atoms with E-state index in [9.17, 15) is 29.3 Å². The lowest BCUT2D eigenvalue weighted by Gasteiger charge is -2.24. The molecule has 0 aliphatic heterocycles. The van der Waals surface area contributed by atoms with Gasteiger partial charge >= 0.3 is 7.82 Å². The topological polar surface area (TPSA) is 152 Å². The summed E-state index contributed by atoms with van der Waals surface area (Å²) in [5.74, 6) is -0.815. The first kappa shape index (κ1) is 52.6. The average Bonchev–Trinajstić information content (AvgIpc) is 3.40. The molecule has 12 heteroatoms. The molecule has 0 aromatic heterocycles. The number of likely N-dealkylation sites (N-methyl/N-ethyl adjacent to an activating group) is 1. The molecule has 4 N–H and O–H groups in total. The van der Waals surface area contributed by atoms with Crippen LogP contribution in [0.5, 0.6) is 0 Å². The normalized spacial score (nSPS) is 19.9. The van der Waals surface area contributed by atoms with Gasteiger partial charge in [0.15, 0.2) is 0 Å². The van der Waals surface area contributed by atoms with Gasteiger partial charge in [-0.3, -0.25) is 18.6 Å². The predicted octanol–water partition coefficient (Wildman–Crippen LogP) is 8.99. The van der Waals surface area contributed by atoms with Crippen molar-refractivity contribution in [3.8, 4) is 0 Å². The molecule has 1 aliphatic rings. The highest BCUT2D eigenvalue weighted by Crippen LogP contribution is 2.43. The molecule has 0 bridgehead atoms. The van der Waals surface area contributed by atoms with Crippen LogP contribution in [0.15, 0.2) is 24.3 Å². The number of quaternary nitrogens is 1. The van der Waals surface area contributed by atoms with Gasteiger partial charge in [0.1, 0.15) is 18.9 Å². The van der Waals surface area contributed by atoms with Crippen molar-refractivity contribution in [2.24, 2.45) is 11.8 Å². The molecule has 56 heavy (non-hydrogen) atoms. The molecule has 0 aromatic rings. The number of nitrogens with one attached hydrogen (secondary N) is 1. The van der Waals surface area contributed by atoms with E-state index in [0.29, 0.717) is 43.3 Å². The summed E-state index contributed by atoms with van der Waals surface area (Å²) in [6, 6.07) is -0.609. The largest absolute Gasteiger partial charge is 0.472 e. The molecule has 1 saturated carbocycles. The SMILES string of the molecule is CCCCCCCCCCCCCCCCOCC(COP(=O)(O)OCC[N+](C)(C)C)NC(=O)CCC/C=C\C[C@H]1C(=O)C[C@@H](O)[C@@H]1/C=C/[C@@H](O)CCCCC. The van der Waals surface area contributed by atoms with E-state index < -0.39 is 26.1 Å². The molecule has 0 radical (unpaired) electrons. The highest BCUT2D eigenvalue weighted by atomic mass is 31.2. The van der Waals surface area contributed by atoms with Crippen molar-refractivity contribution in [3.63, 3.8) is 0 Å². The van der Waals surface area contributed by atoms with Gasteiger partial charge in [-0.15, -0.1) is 0 Å². The smallest absolute Gasteiger partial charge is 0.392 e. The lowest BCUT2D eigenvalue weighted by Crippen LogP contribution is -2.41. The number of aliphatic hydroxyl groups excluding tert-OH is 2. The summed E-state index contributed by atoms with van der Waals surface area (Å²) in [6.45, 7) is 5.46. The van der Waals surface area contributed by atoms with Gasteiger partial charge in [0, 0.05) is 31.3 Å². The maximum Gasteiger partial charge on any atom is 0.472 e. The standard InChI is InChI=1S/C44H83N2O9P/c1-6-8-10-11-12-13-14-15-16-17-18-19-22-26-33-53-36-38(37-55-56(51,52)54-34-32-46(3,4)5)45-44(50)29-25-21-20-24-28-40-41(43(49)35-42(40)48)31-30-39(47)27-23-9-7-2/h20,24,30-31,38-41,43,47,49H,6-19,21-23,25-29,32-37H2,1-5H3,(H-,45,50,51,52)/p+1/b24-20-,31-30+/t38?,39-,40+,41+,43+/m0/s1. The van der Waals surface area contributed by atoms with Crippen LogP contribution in [0.4, 0.5) is 0 Å². The first-order valence-electron chi connectivity index (χ1n) is 22.3. The van der Waals surface area contributed by atoms with Gasteiger partial charge in [-0.05, 0) is 32.1 Å². The summed E-state index contributed by atoms with van der Waals surface area (Å²) >= 11 is 0. The van der Waals surface area contributed by atoms with Crippen LogP contribution in [-0.4, -0.2) is 104 Å². The molecule has 11 nitrogen and oxygen atoms in total. The third kappa shape index (κ3) is 28.9. The van der Waals surface area contributed by atoms with Crippen LogP contribution >= 0.6 is 7.82 Å². The van der Waals surface area contributed by atoms with Crippen LogP contribution in [-0.2, 0) is 27.9 Å². The lowest BCUT2D eigenvalue weighted by molar-refractivity contribution is -0.870. The van der Waals surface area contributed by atoms with E-state index in [0.717, 1.165) is 32.1 Å². The van der Waals surface area contributed by atoms with E-state index in [4.69, 9.17) is 13.8 Å². The molecule has 0 aromatic carbocycles. The number of nitrogens with zero attached hydrogens (tertiary/aromatic N) is 1. The van der Waals surface area contributed by atoms with Gasteiger partial charge in [-0.25, -0.2) is 4.57 Å². The number of carbonyl (C=O) groups is 2. The highest BCUT2D eigenvalue weighted by molar-refractivity contribution is 7.47. The van der Waals surface area contributed by atoms with E-state index in [1.165, 1.54) is 77.0 Å². The number of carbonyl (C=O) groups excluding carboxylic acids is 2. The van der Waals surface area contributed by atoms with Gasteiger partial charge in [0.05, 0.1) is 52.6 Å². The Morgan fingerprint density at radius 3 is 2.04 bits per heavy atom. The van der Waals surface area contributed by atoms with E-state index in [-0.39, 0.29) is 56.2 Å². The van der Waals surface area contributed by atoms with Crippen LogP contribution < -0.4 is 5.32 Å². The van der Waals surface area contributed by atoms with E-state index in [2.05, 4.69) is 19.2 Å². The maximum atomic E-state index is 12.9. The zero-order valence-electron chi connectivity index (χ0n) is 36.2. The van der Waals surface area contributed by atoms with Crippen molar-refractivity contribution in [2.45, 2.75) is 180 Å². The van der Waals surface area contributed by atoms with Crippen LogP contribution in [0.2, 0.25) is 0 Å². The van der Waals surface area contributed by atoms with Gasteiger partial charge in [-0.2, -0.15) is 0 Å². The minimum atomic E-state index is -4.31. The number of hydrogen-bond acceptors (Lipinski definition) is 8. The van der Waals surface area contributed by atoms with Crippen LogP contribution in [0, 0.1) is 11.8 Å². The van der Waals surface area contributed by atoms with E-state index in [1.807, 2.05) is 39.4 Å². The number of aliphatic hydroxyl groups is 2. The van der Waals surface area contributed by atoms with Crippen LogP contribution in [0.25, 0.3) is 0 Å². The molecule has 1 rings (SSSR count). The summed E-state index contributed by atoms with van der Waals surface area (Å²) in [6.07, 6.45) is 29.9. The lowest BCUT2D eigenvalue weighted by atomic mass is 9.90. The second-order valence-electron chi connectivity index (χ2n) is 17.0. The van der Waals surface area contributed by atoms with Gasteiger partial charge in [-0.1, -0.05) is 141 Å². The molecule has 6 atom stereocenters. The summed E-state index contributed by atoms with van der Waals surface area (Å²) in [7, 11) is 1.58. The minimum absolute atomic E-state index is 0.0303. The number of unbranched alkanes of at least 4 members (excludes halogenated alkanes) is 16. The molecule has 0 saturated heterocycles. The number of ether oxygens (including phenoxy) is 1. The number of rotatable bonds is 37. The number of phosphoric acid groups is 1. The van der Waals surface area contributed by atoms with E-state index in [1.54, 1.807) is 6.08 Å². The Hall–Kier alpha value is -1.43. The van der Waals surface area contributed by atoms with Crippen molar-refractivity contribution in [3.05, 3.63) is 24.3 Å². The molecular formula is C44H84N2O9P+. The maximum absolute atomic E-state index is 12.9. The first-order valence-corrected chi connectivity index (χ1v) is 23.8. The zero-order chi connectivity index (χ0) is 41.5. The molecule has 0 heterocycles. The fourth-order valence-electron chi connectivity index (χ4n) is 6.93. The number of Topliss-reactive ketones (excluding diaryl/α,β-unsaturated/α-hetero) is 1. The van der Waals surface area contributed by atoms with E-state index >= 15 is 0 Å². The number of allylic oxidation sites excluding steroid dienone is 2. The number of amides is 1. The first-order chi connectivity index (χ1) is 26.8. The number of phosphoric ester groups is 1. The quantitative estimate of drug-likeness (QED) is 0.0209. The second-order valence-corrected chi connectivity index (χ2v) is 18.5. The molecule has 1 fully saturated rings. The summed E-state index contributed by atoms with van der Waals surface area (Å²) in [5.41, 5.74) is 0. The molecular weight excluding hydrogens is 731 g/mol. The third-order valence-corrected chi connectivity index (χ3v) is 11.5. The molecule has 1 aliphatic carbocycles. The monoisotopic (exact) mass is 816 g/mol. The third-order valence-electron chi connectivity index (χ3n) is 10.5. The Bertz CT molecular complexity index is 1110. The number of ketones is 1. The van der Waals surface area contributed by atoms with Gasteiger partial charge in [0.25, 0.3) is 0 Å². The zero-order valence-corrected chi connectivity index (χ0v) is 37.1. The Balaban J connectivity index is 2.46. The van der Waals surface area contributed by atoms with Crippen molar-refractivity contribution in [2.75, 3.05) is 54.1 Å². The Morgan fingerprint density at radius 1 is 0.839 bits per heavy atom. The Labute approximate surface area is 341 Å². The summed E-state index contributed by atoms with van der Waals surface area (Å²) < 4.78 is 29.5. The molecule has 1 amide bonds. The summed E-state index contributed by atoms with van der Waals surface area (Å²) in [4.78, 5) is 35.7. The van der Waals surface area contributed by atoms with Crippen molar-refractivity contribution in [1.29, 1.82) is 0 Å². The number of hydrogen-bond donors (Lipinski definition) is 4. The predicted molar refractivity (Wildman–Crippen MR) is 227 cm³/mol. The highest BCUT2D eigenvalue weighted by Gasteiger charge is 2.39. The van der Waals surface area contributed by atoms with Crippen molar-refractivity contribution < 1.29 is 47.5 Å². The molecule has 0 spiro atoms.